The van der Waals surface area contributed by atoms with Crippen molar-refractivity contribution in [1.29, 1.82) is 0 Å². The molecule has 0 aliphatic rings. The molecule has 1 aromatic rings. The van der Waals surface area contributed by atoms with Crippen LogP contribution in [0.25, 0.3) is 0 Å². The van der Waals surface area contributed by atoms with Crippen molar-refractivity contribution in [3.05, 3.63) is 18.5 Å². The molecule has 0 saturated heterocycles. The second-order valence-electron chi connectivity index (χ2n) is 3.60. The van der Waals surface area contributed by atoms with E-state index in [9.17, 15) is 8.42 Å². The van der Waals surface area contributed by atoms with Gasteiger partial charge in [-0.25, -0.2) is 18.4 Å². The molecular weight excluding hydrogens is 240 g/mol. The zero-order valence-electron chi connectivity index (χ0n) is 9.89. The molecule has 1 heterocycles. The van der Waals surface area contributed by atoms with Gasteiger partial charge in [0.05, 0.1) is 5.75 Å². The fourth-order valence-corrected chi connectivity index (χ4v) is 2.24. The van der Waals surface area contributed by atoms with Crippen LogP contribution in [0.5, 0.6) is 0 Å². The first-order valence-electron chi connectivity index (χ1n) is 5.62. The Balaban J connectivity index is 2.32. The largest absolute Gasteiger partial charge is 0.317 e. The smallest absolute Gasteiger partial charge is 0.236 e. The molecule has 0 spiro atoms. The number of rotatable bonds is 8. The summed E-state index contributed by atoms with van der Waals surface area (Å²) >= 11 is 0. The summed E-state index contributed by atoms with van der Waals surface area (Å²) in [6.45, 7) is 3.68. The normalized spacial score (nSPS) is 11.4. The van der Waals surface area contributed by atoms with E-state index >= 15 is 0 Å². The zero-order chi connectivity index (χ0) is 12.6. The van der Waals surface area contributed by atoms with Gasteiger partial charge in [0, 0.05) is 12.4 Å². The molecule has 1 rings (SSSR count). The fraction of sp³-hybridized carbons (Fsp3) is 0.600. The number of hydrogen-bond acceptors (Lipinski definition) is 5. The highest BCUT2D eigenvalue weighted by atomic mass is 32.2. The topological polar surface area (TPSA) is 84.0 Å². The van der Waals surface area contributed by atoms with Gasteiger partial charge in [0.25, 0.3) is 0 Å². The quantitative estimate of drug-likeness (QED) is 0.667. The lowest BCUT2D eigenvalue weighted by Crippen LogP contribution is -2.23. The van der Waals surface area contributed by atoms with Crippen molar-refractivity contribution in [2.45, 2.75) is 19.8 Å². The van der Waals surface area contributed by atoms with Gasteiger partial charge in [-0.2, -0.15) is 0 Å². The molecule has 7 heteroatoms. The number of nitrogens with zero attached hydrogens (tertiary/aromatic N) is 2. The second-order valence-corrected chi connectivity index (χ2v) is 5.44. The zero-order valence-corrected chi connectivity index (χ0v) is 10.7. The minimum absolute atomic E-state index is 0.0714. The number of hydrogen-bond donors (Lipinski definition) is 2. The predicted molar refractivity (Wildman–Crippen MR) is 67.2 cm³/mol. The summed E-state index contributed by atoms with van der Waals surface area (Å²) in [5, 5.41) is 3.15. The lowest BCUT2D eigenvalue weighted by atomic mass is 10.4. The number of sulfonamides is 1. The van der Waals surface area contributed by atoms with Gasteiger partial charge in [-0.15, -0.1) is 0 Å². The van der Waals surface area contributed by atoms with Crippen molar-refractivity contribution in [1.82, 2.24) is 15.3 Å². The van der Waals surface area contributed by atoms with Crippen LogP contribution in [0.1, 0.15) is 19.8 Å². The second kappa shape index (κ2) is 7.18. The third kappa shape index (κ3) is 6.18. The Bertz CT molecular complexity index is 408. The molecule has 0 saturated carbocycles. The molecule has 0 aliphatic carbocycles. The van der Waals surface area contributed by atoms with Crippen molar-refractivity contribution < 1.29 is 8.42 Å². The number of aromatic nitrogens is 2. The fourth-order valence-electron chi connectivity index (χ4n) is 1.23. The maximum absolute atomic E-state index is 11.6. The lowest BCUT2D eigenvalue weighted by Gasteiger charge is -2.06. The minimum Gasteiger partial charge on any atom is -0.317 e. The van der Waals surface area contributed by atoms with E-state index in [2.05, 4.69) is 26.9 Å². The van der Waals surface area contributed by atoms with Crippen molar-refractivity contribution in [2.24, 2.45) is 0 Å². The minimum atomic E-state index is -3.34. The number of nitrogens with one attached hydrogen (secondary N) is 2. The van der Waals surface area contributed by atoms with Crippen LogP contribution >= 0.6 is 0 Å². The highest BCUT2D eigenvalue weighted by molar-refractivity contribution is 7.92. The van der Waals surface area contributed by atoms with Gasteiger partial charge in [-0.3, -0.25) is 4.72 Å². The van der Waals surface area contributed by atoms with E-state index in [-0.39, 0.29) is 11.7 Å². The molecule has 0 atom stereocenters. The van der Waals surface area contributed by atoms with Crippen molar-refractivity contribution in [3.63, 3.8) is 0 Å². The molecule has 0 amide bonds. The molecule has 96 valence electrons. The number of anilines is 1. The van der Waals surface area contributed by atoms with E-state index in [1.165, 1.54) is 12.4 Å². The Morgan fingerprint density at radius 2 is 1.94 bits per heavy atom. The van der Waals surface area contributed by atoms with Crippen LogP contribution < -0.4 is 10.0 Å². The summed E-state index contributed by atoms with van der Waals surface area (Å²) in [5.41, 5.74) is 0. The van der Waals surface area contributed by atoms with Crippen LogP contribution in [0.2, 0.25) is 0 Å². The maximum Gasteiger partial charge on any atom is 0.236 e. The van der Waals surface area contributed by atoms with E-state index in [0.29, 0.717) is 13.0 Å². The summed E-state index contributed by atoms with van der Waals surface area (Å²) in [4.78, 5) is 7.61. The van der Waals surface area contributed by atoms with E-state index in [4.69, 9.17) is 0 Å². The first-order valence-corrected chi connectivity index (χ1v) is 7.27. The van der Waals surface area contributed by atoms with Gasteiger partial charge in [-0.05, 0) is 32.0 Å². The lowest BCUT2D eigenvalue weighted by molar-refractivity contribution is 0.592. The van der Waals surface area contributed by atoms with E-state index in [1.807, 2.05) is 0 Å². The SMILES string of the molecule is CCCNCCCS(=O)(=O)Nc1ncccn1. The average Bonchev–Trinajstić information content (AvgIpc) is 2.29. The molecule has 6 nitrogen and oxygen atoms in total. The first kappa shape index (κ1) is 13.9. The Hall–Kier alpha value is -1.21. The highest BCUT2D eigenvalue weighted by Gasteiger charge is 2.10. The summed E-state index contributed by atoms with van der Waals surface area (Å²) < 4.78 is 25.6. The Kier molecular flexibility index (Phi) is 5.85. The van der Waals surface area contributed by atoms with Crippen LogP contribution in [-0.2, 0) is 10.0 Å². The van der Waals surface area contributed by atoms with E-state index in [0.717, 1.165) is 13.0 Å². The van der Waals surface area contributed by atoms with Crippen LogP contribution in [-0.4, -0.2) is 37.2 Å². The van der Waals surface area contributed by atoms with Crippen LogP contribution in [0.4, 0.5) is 5.95 Å². The first-order chi connectivity index (χ1) is 8.14. The molecule has 2 N–H and O–H groups in total. The molecule has 0 aliphatic heterocycles. The Morgan fingerprint density at radius 3 is 2.59 bits per heavy atom. The average molecular weight is 258 g/mol. The van der Waals surface area contributed by atoms with Gasteiger partial charge >= 0.3 is 0 Å². The summed E-state index contributed by atoms with van der Waals surface area (Å²) in [5.74, 6) is 0.191. The van der Waals surface area contributed by atoms with Crippen LogP contribution in [0, 0.1) is 0 Å². The van der Waals surface area contributed by atoms with Gasteiger partial charge < -0.3 is 5.32 Å². The maximum atomic E-state index is 11.6. The molecule has 0 unspecified atom stereocenters. The van der Waals surface area contributed by atoms with Gasteiger partial charge in [0.1, 0.15) is 0 Å². The predicted octanol–water partition coefficient (Wildman–Crippen LogP) is 0.608. The van der Waals surface area contributed by atoms with Gasteiger partial charge in [0.2, 0.25) is 16.0 Å². The molecule has 1 aromatic heterocycles. The van der Waals surface area contributed by atoms with Gasteiger partial charge in [0.15, 0.2) is 0 Å². The third-order valence-electron chi connectivity index (χ3n) is 2.01. The van der Waals surface area contributed by atoms with Crippen molar-refractivity contribution >= 4 is 16.0 Å². The molecule has 0 bridgehead atoms. The highest BCUT2D eigenvalue weighted by Crippen LogP contribution is 2.00. The molecule has 0 fully saturated rings. The molecule has 0 aromatic carbocycles. The van der Waals surface area contributed by atoms with E-state index in [1.54, 1.807) is 6.07 Å². The van der Waals surface area contributed by atoms with Crippen LogP contribution in [0.15, 0.2) is 18.5 Å². The molecule has 0 radical (unpaired) electrons. The molecule has 17 heavy (non-hydrogen) atoms. The van der Waals surface area contributed by atoms with Crippen molar-refractivity contribution in [2.75, 3.05) is 23.6 Å². The summed E-state index contributed by atoms with van der Waals surface area (Å²) in [6.07, 6.45) is 4.60. The standard InChI is InChI=1S/C10H18N4O2S/c1-2-5-11-6-4-9-17(15,16)14-10-12-7-3-8-13-10/h3,7-8,11H,2,4-6,9H2,1H3,(H,12,13,14). The third-order valence-corrected chi connectivity index (χ3v) is 3.33. The molecular formula is C10H18N4O2S. The van der Waals surface area contributed by atoms with Crippen LogP contribution in [0.3, 0.4) is 0 Å². The Morgan fingerprint density at radius 1 is 1.24 bits per heavy atom. The van der Waals surface area contributed by atoms with Gasteiger partial charge in [-0.1, -0.05) is 6.92 Å². The monoisotopic (exact) mass is 258 g/mol. The summed E-state index contributed by atoms with van der Waals surface area (Å²) in [7, 11) is -3.34. The van der Waals surface area contributed by atoms with E-state index < -0.39 is 10.0 Å². The van der Waals surface area contributed by atoms with Crippen molar-refractivity contribution in [3.8, 4) is 0 Å². The summed E-state index contributed by atoms with van der Waals surface area (Å²) in [6, 6.07) is 1.63. The Labute approximate surface area is 102 Å².